The Hall–Kier alpha value is -2.70. The highest BCUT2D eigenvalue weighted by atomic mass is 16.5. The average molecular weight is 328 g/mol. The fourth-order valence-corrected chi connectivity index (χ4v) is 2.93. The molecule has 7 heteroatoms. The van der Waals surface area contributed by atoms with Gasteiger partial charge in [-0.1, -0.05) is 35.5 Å². The first-order chi connectivity index (χ1) is 11.7. The lowest BCUT2D eigenvalue weighted by Gasteiger charge is -2.34. The first kappa shape index (κ1) is 16.2. The SMILES string of the molecule is C[C@H](NC(=O)[C@@H](c1ccccc1)N1CCCCC1=O)c1ncon1. The maximum absolute atomic E-state index is 12.9. The number of likely N-dealkylation sites (tertiary alicyclic amines) is 1. The van der Waals surface area contributed by atoms with Gasteiger partial charge in [-0.2, -0.15) is 4.98 Å². The van der Waals surface area contributed by atoms with Crippen LogP contribution in [0.3, 0.4) is 0 Å². The van der Waals surface area contributed by atoms with Crippen molar-refractivity contribution in [3.05, 3.63) is 48.1 Å². The minimum atomic E-state index is -0.645. The highest BCUT2D eigenvalue weighted by Gasteiger charge is 2.33. The van der Waals surface area contributed by atoms with E-state index < -0.39 is 12.1 Å². The number of benzene rings is 1. The van der Waals surface area contributed by atoms with Crippen LogP contribution in [0.2, 0.25) is 0 Å². The smallest absolute Gasteiger partial charge is 0.248 e. The molecule has 1 aromatic carbocycles. The van der Waals surface area contributed by atoms with Crippen LogP contribution >= 0.6 is 0 Å². The molecule has 1 saturated heterocycles. The summed E-state index contributed by atoms with van der Waals surface area (Å²) in [6.45, 7) is 2.37. The van der Waals surface area contributed by atoms with E-state index in [1.807, 2.05) is 30.3 Å². The quantitative estimate of drug-likeness (QED) is 0.907. The number of hydrogen-bond acceptors (Lipinski definition) is 5. The molecule has 0 unspecified atom stereocenters. The van der Waals surface area contributed by atoms with Gasteiger partial charge in [-0.05, 0) is 25.3 Å². The summed E-state index contributed by atoms with van der Waals surface area (Å²) in [7, 11) is 0. The summed E-state index contributed by atoms with van der Waals surface area (Å²) in [5, 5.41) is 6.63. The van der Waals surface area contributed by atoms with Crippen molar-refractivity contribution in [3.63, 3.8) is 0 Å². The fourth-order valence-electron chi connectivity index (χ4n) is 2.93. The molecule has 126 valence electrons. The van der Waals surface area contributed by atoms with E-state index in [-0.39, 0.29) is 11.8 Å². The molecule has 24 heavy (non-hydrogen) atoms. The van der Waals surface area contributed by atoms with E-state index in [4.69, 9.17) is 4.52 Å². The number of amides is 2. The Morgan fingerprint density at radius 3 is 2.75 bits per heavy atom. The molecule has 0 saturated carbocycles. The van der Waals surface area contributed by atoms with Crippen LogP contribution < -0.4 is 5.32 Å². The lowest BCUT2D eigenvalue weighted by atomic mass is 10.00. The number of piperidine rings is 1. The van der Waals surface area contributed by atoms with E-state index in [0.29, 0.717) is 18.8 Å². The molecule has 1 N–H and O–H groups in total. The van der Waals surface area contributed by atoms with Gasteiger partial charge in [-0.15, -0.1) is 0 Å². The largest absolute Gasteiger partial charge is 0.344 e. The summed E-state index contributed by atoms with van der Waals surface area (Å²) in [5.41, 5.74) is 0.797. The molecule has 2 atom stereocenters. The lowest BCUT2D eigenvalue weighted by molar-refractivity contribution is -0.143. The second-order valence-corrected chi connectivity index (χ2v) is 5.88. The van der Waals surface area contributed by atoms with Crippen LogP contribution in [0.5, 0.6) is 0 Å². The summed E-state index contributed by atoms with van der Waals surface area (Å²) in [5.74, 6) is 0.173. The molecule has 1 aromatic heterocycles. The Kier molecular flexibility index (Phi) is 4.88. The van der Waals surface area contributed by atoms with E-state index in [9.17, 15) is 9.59 Å². The second kappa shape index (κ2) is 7.25. The Bertz CT molecular complexity index is 687. The van der Waals surface area contributed by atoms with Crippen molar-refractivity contribution in [2.45, 2.75) is 38.3 Å². The number of hydrogen-bond donors (Lipinski definition) is 1. The summed E-state index contributed by atoms with van der Waals surface area (Å²) in [6.07, 6.45) is 3.48. The maximum Gasteiger partial charge on any atom is 0.248 e. The molecule has 0 spiro atoms. The van der Waals surface area contributed by atoms with Gasteiger partial charge in [0, 0.05) is 13.0 Å². The zero-order chi connectivity index (χ0) is 16.9. The zero-order valence-electron chi connectivity index (χ0n) is 13.5. The van der Waals surface area contributed by atoms with Crippen molar-refractivity contribution in [2.75, 3.05) is 6.54 Å². The van der Waals surface area contributed by atoms with Crippen molar-refractivity contribution < 1.29 is 14.1 Å². The van der Waals surface area contributed by atoms with Gasteiger partial charge in [0.05, 0.1) is 6.04 Å². The van der Waals surface area contributed by atoms with Crippen LogP contribution in [0.15, 0.2) is 41.2 Å². The van der Waals surface area contributed by atoms with Crippen molar-refractivity contribution >= 4 is 11.8 Å². The summed E-state index contributed by atoms with van der Waals surface area (Å²) in [4.78, 5) is 30.9. The molecule has 2 aromatic rings. The predicted octanol–water partition coefficient (Wildman–Crippen LogP) is 2.00. The summed E-state index contributed by atoms with van der Waals surface area (Å²) in [6, 6.07) is 8.31. The van der Waals surface area contributed by atoms with Crippen molar-refractivity contribution in [3.8, 4) is 0 Å². The number of nitrogens with one attached hydrogen (secondary N) is 1. The van der Waals surface area contributed by atoms with Gasteiger partial charge in [-0.25, -0.2) is 0 Å². The number of carbonyl (C=O) groups is 2. The van der Waals surface area contributed by atoms with Gasteiger partial charge in [0.25, 0.3) is 0 Å². The molecular weight excluding hydrogens is 308 g/mol. The van der Waals surface area contributed by atoms with Gasteiger partial charge < -0.3 is 14.7 Å². The fraction of sp³-hybridized carbons (Fsp3) is 0.412. The monoisotopic (exact) mass is 328 g/mol. The Morgan fingerprint density at radius 2 is 2.08 bits per heavy atom. The third-order valence-electron chi connectivity index (χ3n) is 4.16. The molecule has 3 rings (SSSR count). The number of nitrogens with zero attached hydrogens (tertiary/aromatic N) is 3. The van der Waals surface area contributed by atoms with E-state index in [0.717, 1.165) is 18.4 Å². The first-order valence-corrected chi connectivity index (χ1v) is 8.08. The standard InChI is InChI=1S/C17H20N4O3/c1-12(16-18-11-24-20-16)19-17(23)15(13-7-3-2-4-8-13)21-10-6-5-9-14(21)22/h2-4,7-8,11-12,15H,5-6,9-10H2,1H3,(H,19,23)/t12-,15+/m0/s1. The molecule has 1 aliphatic heterocycles. The number of rotatable bonds is 5. The topological polar surface area (TPSA) is 88.3 Å². The summed E-state index contributed by atoms with van der Waals surface area (Å²) >= 11 is 0. The van der Waals surface area contributed by atoms with Crippen LogP contribution in [-0.4, -0.2) is 33.4 Å². The molecular formula is C17H20N4O3. The van der Waals surface area contributed by atoms with E-state index in [1.54, 1.807) is 11.8 Å². The van der Waals surface area contributed by atoms with Crippen LogP contribution in [-0.2, 0) is 9.59 Å². The normalized spacial score (nSPS) is 17.4. The van der Waals surface area contributed by atoms with Gasteiger partial charge in [0.15, 0.2) is 5.82 Å². The van der Waals surface area contributed by atoms with Crippen LogP contribution in [0.4, 0.5) is 0 Å². The third kappa shape index (κ3) is 3.45. The van der Waals surface area contributed by atoms with Crippen molar-refractivity contribution in [1.29, 1.82) is 0 Å². The maximum atomic E-state index is 12.9. The Morgan fingerprint density at radius 1 is 1.29 bits per heavy atom. The van der Waals surface area contributed by atoms with Crippen LogP contribution in [0.1, 0.15) is 49.7 Å². The molecule has 1 aliphatic rings. The molecule has 0 radical (unpaired) electrons. The van der Waals surface area contributed by atoms with Gasteiger partial charge in [0.1, 0.15) is 6.04 Å². The third-order valence-corrected chi connectivity index (χ3v) is 4.16. The van der Waals surface area contributed by atoms with E-state index >= 15 is 0 Å². The lowest BCUT2D eigenvalue weighted by Crippen LogP contribution is -2.46. The molecule has 0 bridgehead atoms. The minimum Gasteiger partial charge on any atom is -0.344 e. The molecule has 1 fully saturated rings. The van der Waals surface area contributed by atoms with Gasteiger partial charge in [0.2, 0.25) is 18.2 Å². The average Bonchev–Trinajstić information content (AvgIpc) is 3.12. The molecule has 7 nitrogen and oxygen atoms in total. The molecule has 2 amide bonds. The summed E-state index contributed by atoms with van der Waals surface area (Å²) < 4.78 is 4.72. The van der Waals surface area contributed by atoms with Crippen molar-refractivity contribution in [1.82, 2.24) is 20.4 Å². The Labute approximate surface area is 140 Å². The highest BCUT2D eigenvalue weighted by Crippen LogP contribution is 2.26. The van der Waals surface area contributed by atoms with E-state index in [2.05, 4.69) is 15.5 Å². The van der Waals surface area contributed by atoms with Crippen LogP contribution in [0, 0.1) is 0 Å². The van der Waals surface area contributed by atoms with E-state index in [1.165, 1.54) is 6.39 Å². The second-order valence-electron chi connectivity index (χ2n) is 5.88. The zero-order valence-corrected chi connectivity index (χ0v) is 13.5. The van der Waals surface area contributed by atoms with Gasteiger partial charge >= 0.3 is 0 Å². The molecule has 0 aliphatic carbocycles. The number of carbonyl (C=O) groups excluding carboxylic acids is 2. The van der Waals surface area contributed by atoms with Crippen molar-refractivity contribution in [2.24, 2.45) is 0 Å². The minimum absolute atomic E-state index is 0.0115. The van der Waals surface area contributed by atoms with Gasteiger partial charge in [-0.3, -0.25) is 9.59 Å². The highest BCUT2D eigenvalue weighted by molar-refractivity contribution is 5.89. The first-order valence-electron chi connectivity index (χ1n) is 8.08. The van der Waals surface area contributed by atoms with Crippen LogP contribution in [0.25, 0.3) is 0 Å². The predicted molar refractivity (Wildman–Crippen MR) is 85.6 cm³/mol. The number of aromatic nitrogens is 2. The molecule has 2 heterocycles. The Balaban J connectivity index is 1.83.